The molecule has 0 aromatic heterocycles. The van der Waals surface area contributed by atoms with E-state index >= 15 is 0 Å². The zero-order chi connectivity index (χ0) is 22.8. The Kier molecular flexibility index (Phi) is 6.14. The van der Waals surface area contributed by atoms with E-state index in [1.807, 2.05) is 13.8 Å². The van der Waals surface area contributed by atoms with Gasteiger partial charge in [0.25, 0.3) is 11.7 Å². The van der Waals surface area contributed by atoms with Gasteiger partial charge in [-0.1, -0.05) is 12.1 Å². The molecular weight excluding hydrogens is 417 g/mol. The first-order valence-corrected chi connectivity index (χ1v) is 10.4. The van der Waals surface area contributed by atoms with E-state index in [0.717, 1.165) is 0 Å². The van der Waals surface area contributed by atoms with E-state index in [-0.39, 0.29) is 30.6 Å². The summed E-state index contributed by atoms with van der Waals surface area (Å²) in [5, 5.41) is 11.1. The molecule has 32 heavy (non-hydrogen) atoms. The molecule has 1 unspecified atom stereocenters. The molecule has 0 saturated carbocycles. The number of amides is 1. The van der Waals surface area contributed by atoms with Crippen molar-refractivity contribution in [2.75, 3.05) is 26.4 Å². The van der Waals surface area contributed by atoms with Gasteiger partial charge in [-0.15, -0.1) is 0 Å². The Morgan fingerprint density at radius 2 is 1.81 bits per heavy atom. The van der Waals surface area contributed by atoms with Gasteiger partial charge in [0, 0.05) is 12.1 Å². The molecule has 0 aliphatic carbocycles. The van der Waals surface area contributed by atoms with Crippen LogP contribution in [-0.4, -0.2) is 54.2 Å². The van der Waals surface area contributed by atoms with Gasteiger partial charge in [-0.05, 0) is 49.7 Å². The van der Waals surface area contributed by atoms with Crippen molar-refractivity contribution in [3.63, 3.8) is 0 Å². The number of hydrogen-bond donors (Lipinski definition) is 1. The summed E-state index contributed by atoms with van der Waals surface area (Å²) < 4.78 is 30.2. The Hall–Kier alpha value is -3.39. The zero-order valence-electron chi connectivity index (χ0n) is 17.8. The molecule has 4 rings (SSSR count). The van der Waals surface area contributed by atoms with Crippen molar-refractivity contribution in [1.29, 1.82) is 0 Å². The largest absolute Gasteiger partial charge is 0.507 e. The lowest BCUT2D eigenvalue weighted by Crippen LogP contribution is -2.33. The minimum Gasteiger partial charge on any atom is -0.507 e. The lowest BCUT2D eigenvalue weighted by molar-refractivity contribution is -0.140. The standard InChI is InChI=1S/C24H24FNO6/c1-14(2)30-10-9-26-21(15-3-6-17(25)7-4-15)20(23(28)24(26)29)22(27)16-5-8-18-19(13-16)32-12-11-31-18/h3-8,13-14,21,27H,9-12H2,1-2H3/b22-20-. The maximum atomic E-state index is 13.5. The summed E-state index contributed by atoms with van der Waals surface area (Å²) in [6.45, 7) is 4.88. The van der Waals surface area contributed by atoms with Crippen LogP contribution in [0.4, 0.5) is 4.39 Å². The Morgan fingerprint density at radius 1 is 1.12 bits per heavy atom. The van der Waals surface area contributed by atoms with Crippen LogP contribution in [0.1, 0.15) is 31.0 Å². The van der Waals surface area contributed by atoms with Gasteiger partial charge in [0.1, 0.15) is 24.8 Å². The van der Waals surface area contributed by atoms with Crippen molar-refractivity contribution in [2.45, 2.75) is 26.0 Å². The van der Waals surface area contributed by atoms with Crippen molar-refractivity contribution < 1.29 is 33.3 Å². The van der Waals surface area contributed by atoms with Crippen LogP contribution in [0.15, 0.2) is 48.0 Å². The van der Waals surface area contributed by atoms with Crippen LogP contribution in [0.3, 0.4) is 0 Å². The SMILES string of the molecule is CC(C)OCCN1C(=O)C(=O)/C(=C(\O)c2ccc3c(c2)OCCO3)C1c1ccc(F)cc1. The summed E-state index contributed by atoms with van der Waals surface area (Å²) in [5.41, 5.74) is 0.759. The molecule has 1 N–H and O–H groups in total. The third-order valence-electron chi connectivity index (χ3n) is 5.32. The highest BCUT2D eigenvalue weighted by Crippen LogP contribution is 2.41. The van der Waals surface area contributed by atoms with Gasteiger partial charge in [-0.2, -0.15) is 0 Å². The number of nitrogens with zero attached hydrogens (tertiary/aromatic N) is 1. The highest BCUT2D eigenvalue weighted by molar-refractivity contribution is 6.46. The molecule has 2 aromatic rings. The van der Waals surface area contributed by atoms with E-state index in [1.165, 1.54) is 29.2 Å². The molecule has 0 bridgehead atoms. The van der Waals surface area contributed by atoms with Gasteiger partial charge in [0.15, 0.2) is 11.5 Å². The second-order valence-corrected chi connectivity index (χ2v) is 7.82. The Bertz CT molecular complexity index is 1060. The van der Waals surface area contributed by atoms with E-state index in [0.29, 0.717) is 35.8 Å². The second kappa shape index (κ2) is 9.00. The summed E-state index contributed by atoms with van der Waals surface area (Å²) in [4.78, 5) is 27.2. The summed E-state index contributed by atoms with van der Waals surface area (Å²) >= 11 is 0. The minimum atomic E-state index is -0.875. The fraction of sp³-hybridized carbons (Fsp3) is 0.333. The van der Waals surface area contributed by atoms with Gasteiger partial charge < -0.3 is 24.2 Å². The van der Waals surface area contributed by atoms with Gasteiger partial charge in [0.2, 0.25) is 0 Å². The number of likely N-dealkylation sites (tertiary alicyclic amines) is 1. The van der Waals surface area contributed by atoms with Gasteiger partial charge in [-0.3, -0.25) is 9.59 Å². The molecule has 2 aromatic carbocycles. The first-order chi connectivity index (χ1) is 15.4. The minimum absolute atomic E-state index is 0.0474. The molecule has 8 heteroatoms. The smallest absolute Gasteiger partial charge is 0.295 e. The normalized spacial score (nSPS) is 19.6. The average Bonchev–Trinajstić information content (AvgIpc) is 3.03. The fourth-order valence-electron chi connectivity index (χ4n) is 3.84. The number of ketones is 1. The van der Waals surface area contributed by atoms with Crippen molar-refractivity contribution in [1.82, 2.24) is 4.90 Å². The second-order valence-electron chi connectivity index (χ2n) is 7.82. The molecule has 2 aliphatic heterocycles. The van der Waals surface area contributed by atoms with Crippen molar-refractivity contribution in [2.24, 2.45) is 0 Å². The monoisotopic (exact) mass is 441 g/mol. The van der Waals surface area contributed by atoms with Crippen LogP contribution < -0.4 is 9.47 Å². The molecular formula is C24H24FNO6. The quantitative estimate of drug-likeness (QED) is 0.420. The van der Waals surface area contributed by atoms with Crippen LogP contribution in [0.5, 0.6) is 11.5 Å². The number of benzene rings is 2. The number of ether oxygens (including phenoxy) is 3. The summed E-state index contributed by atoms with van der Waals surface area (Å²) in [6.07, 6.45) is -0.0474. The molecule has 7 nitrogen and oxygen atoms in total. The molecule has 1 fully saturated rings. The van der Waals surface area contributed by atoms with E-state index in [9.17, 15) is 19.1 Å². The van der Waals surface area contributed by atoms with E-state index < -0.39 is 23.5 Å². The topological polar surface area (TPSA) is 85.3 Å². The first kappa shape index (κ1) is 21.8. The van der Waals surface area contributed by atoms with Gasteiger partial charge in [0.05, 0.1) is 24.3 Å². The van der Waals surface area contributed by atoms with Crippen LogP contribution in [0.2, 0.25) is 0 Å². The summed E-state index contributed by atoms with van der Waals surface area (Å²) in [6, 6.07) is 9.44. The number of carbonyl (C=O) groups is 2. The van der Waals surface area contributed by atoms with Gasteiger partial charge in [-0.25, -0.2) is 4.39 Å². The first-order valence-electron chi connectivity index (χ1n) is 10.4. The number of Topliss-reactive ketones (excluding diaryl/α,β-unsaturated/α-hetero) is 1. The highest BCUT2D eigenvalue weighted by atomic mass is 19.1. The number of hydrogen-bond acceptors (Lipinski definition) is 6. The third kappa shape index (κ3) is 4.18. The lowest BCUT2D eigenvalue weighted by Gasteiger charge is -2.25. The van der Waals surface area contributed by atoms with Crippen molar-refractivity contribution in [3.8, 4) is 11.5 Å². The highest BCUT2D eigenvalue weighted by Gasteiger charge is 2.46. The fourth-order valence-corrected chi connectivity index (χ4v) is 3.84. The average molecular weight is 441 g/mol. The van der Waals surface area contributed by atoms with Gasteiger partial charge >= 0.3 is 0 Å². The number of fused-ring (bicyclic) bond motifs is 1. The molecule has 2 aliphatic rings. The van der Waals surface area contributed by atoms with Crippen LogP contribution in [-0.2, 0) is 14.3 Å². The molecule has 1 saturated heterocycles. The zero-order valence-corrected chi connectivity index (χ0v) is 17.8. The third-order valence-corrected chi connectivity index (χ3v) is 5.32. The predicted octanol–water partition coefficient (Wildman–Crippen LogP) is 3.44. The molecule has 168 valence electrons. The lowest BCUT2D eigenvalue weighted by atomic mass is 9.95. The summed E-state index contributed by atoms with van der Waals surface area (Å²) in [5.74, 6) is -1.35. The van der Waals surface area contributed by atoms with E-state index in [1.54, 1.807) is 18.2 Å². The summed E-state index contributed by atoms with van der Waals surface area (Å²) in [7, 11) is 0. The maximum absolute atomic E-state index is 13.5. The molecule has 0 spiro atoms. The molecule has 0 radical (unpaired) electrons. The van der Waals surface area contributed by atoms with E-state index in [2.05, 4.69) is 0 Å². The van der Waals surface area contributed by atoms with Crippen LogP contribution in [0.25, 0.3) is 5.76 Å². The maximum Gasteiger partial charge on any atom is 0.295 e. The van der Waals surface area contributed by atoms with Crippen molar-refractivity contribution in [3.05, 3.63) is 65.0 Å². The van der Waals surface area contributed by atoms with Crippen LogP contribution >= 0.6 is 0 Å². The number of carbonyl (C=O) groups excluding carboxylic acids is 2. The van der Waals surface area contributed by atoms with Crippen LogP contribution in [0, 0.1) is 5.82 Å². The predicted molar refractivity (Wildman–Crippen MR) is 114 cm³/mol. The van der Waals surface area contributed by atoms with E-state index in [4.69, 9.17) is 14.2 Å². The number of aliphatic hydroxyl groups is 1. The Morgan fingerprint density at radius 3 is 2.50 bits per heavy atom. The Labute approximate surface area is 185 Å². The number of aliphatic hydroxyl groups excluding tert-OH is 1. The molecule has 1 atom stereocenters. The van der Waals surface area contributed by atoms with Crippen molar-refractivity contribution >= 4 is 17.4 Å². The molecule has 1 amide bonds. The number of halogens is 1. The molecule has 2 heterocycles. The number of rotatable bonds is 6. The Balaban J connectivity index is 1.77.